The summed E-state index contributed by atoms with van der Waals surface area (Å²) in [6.07, 6.45) is 1.10. The third kappa shape index (κ3) is 3.60. The number of thiazole rings is 1. The van der Waals surface area contributed by atoms with Crippen molar-refractivity contribution in [2.75, 3.05) is 13.1 Å². The van der Waals surface area contributed by atoms with Crippen LogP contribution in [0.15, 0.2) is 5.38 Å². The Labute approximate surface area is 93.6 Å². The second kappa shape index (κ2) is 5.82. The van der Waals surface area contributed by atoms with Crippen molar-refractivity contribution in [2.45, 2.75) is 26.8 Å². The molecule has 0 aromatic carbocycles. The van der Waals surface area contributed by atoms with Gasteiger partial charge in [-0.15, -0.1) is 11.3 Å². The van der Waals surface area contributed by atoms with Crippen molar-refractivity contribution in [1.29, 1.82) is 0 Å². The van der Waals surface area contributed by atoms with Gasteiger partial charge in [-0.3, -0.25) is 4.90 Å². The lowest BCUT2D eigenvalue weighted by molar-refractivity contribution is 0.0696. The molecule has 4 nitrogen and oxygen atoms in total. The number of aromatic nitrogens is 1. The number of hydrogen-bond donors (Lipinski definition) is 1. The Balaban J connectivity index is 2.59. The van der Waals surface area contributed by atoms with Crippen LogP contribution in [0.2, 0.25) is 0 Å². The van der Waals surface area contributed by atoms with E-state index in [2.05, 4.69) is 23.7 Å². The number of carbonyl (C=O) groups is 1. The number of carboxylic acids is 1. The van der Waals surface area contributed by atoms with Gasteiger partial charge in [0.1, 0.15) is 0 Å². The number of hydrogen-bond acceptors (Lipinski definition) is 4. The van der Waals surface area contributed by atoms with Crippen LogP contribution < -0.4 is 0 Å². The van der Waals surface area contributed by atoms with E-state index in [0.717, 1.165) is 31.7 Å². The molecule has 0 fully saturated rings. The van der Waals surface area contributed by atoms with E-state index < -0.39 is 5.97 Å². The predicted molar refractivity (Wildman–Crippen MR) is 60.3 cm³/mol. The van der Waals surface area contributed by atoms with Gasteiger partial charge in [-0.2, -0.15) is 0 Å². The van der Waals surface area contributed by atoms with Crippen LogP contribution in [0.4, 0.5) is 0 Å². The first-order valence-corrected chi connectivity index (χ1v) is 5.95. The van der Waals surface area contributed by atoms with Crippen LogP contribution in [0.3, 0.4) is 0 Å². The van der Waals surface area contributed by atoms with Gasteiger partial charge in [0.25, 0.3) is 0 Å². The molecular formula is C10H16N2O2S. The zero-order valence-corrected chi connectivity index (χ0v) is 9.88. The van der Waals surface area contributed by atoms with Crippen molar-refractivity contribution in [1.82, 2.24) is 9.88 Å². The van der Waals surface area contributed by atoms with E-state index in [0.29, 0.717) is 0 Å². The molecule has 1 N–H and O–H groups in total. The van der Waals surface area contributed by atoms with Crippen molar-refractivity contribution < 1.29 is 9.90 Å². The SMILES string of the molecule is CCCN(CC)Cc1csc(C(=O)O)n1. The van der Waals surface area contributed by atoms with E-state index in [-0.39, 0.29) is 5.01 Å². The monoisotopic (exact) mass is 228 g/mol. The lowest BCUT2D eigenvalue weighted by atomic mass is 10.3. The topological polar surface area (TPSA) is 53.4 Å². The molecule has 0 aliphatic heterocycles. The van der Waals surface area contributed by atoms with Gasteiger partial charge in [-0.1, -0.05) is 13.8 Å². The van der Waals surface area contributed by atoms with E-state index in [1.54, 1.807) is 0 Å². The lowest BCUT2D eigenvalue weighted by Gasteiger charge is -2.17. The fourth-order valence-corrected chi connectivity index (χ4v) is 2.02. The summed E-state index contributed by atoms with van der Waals surface area (Å²) in [7, 11) is 0. The Hall–Kier alpha value is -0.940. The van der Waals surface area contributed by atoms with Crippen molar-refractivity contribution >= 4 is 17.3 Å². The van der Waals surface area contributed by atoms with E-state index in [1.165, 1.54) is 11.3 Å². The molecule has 0 saturated carbocycles. The summed E-state index contributed by atoms with van der Waals surface area (Å²) in [6, 6.07) is 0. The van der Waals surface area contributed by atoms with Crippen LogP contribution in [0, 0.1) is 0 Å². The highest BCUT2D eigenvalue weighted by molar-refractivity contribution is 7.11. The molecule has 5 heteroatoms. The van der Waals surface area contributed by atoms with Gasteiger partial charge in [-0.05, 0) is 19.5 Å². The predicted octanol–water partition coefficient (Wildman–Crippen LogP) is 2.07. The maximum Gasteiger partial charge on any atom is 0.365 e. The molecule has 0 radical (unpaired) electrons. The Bertz CT molecular complexity index is 325. The minimum Gasteiger partial charge on any atom is -0.476 e. The highest BCUT2D eigenvalue weighted by Crippen LogP contribution is 2.11. The summed E-state index contributed by atoms with van der Waals surface area (Å²) in [5.74, 6) is -0.940. The summed E-state index contributed by atoms with van der Waals surface area (Å²) in [5.41, 5.74) is 0.854. The van der Waals surface area contributed by atoms with E-state index in [9.17, 15) is 4.79 Å². The quantitative estimate of drug-likeness (QED) is 0.810. The largest absolute Gasteiger partial charge is 0.476 e. The summed E-state index contributed by atoms with van der Waals surface area (Å²) in [5, 5.41) is 10.7. The fraction of sp³-hybridized carbons (Fsp3) is 0.600. The molecule has 0 atom stereocenters. The molecule has 1 rings (SSSR count). The van der Waals surface area contributed by atoms with E-state index in [4.69, 9.17) is 5.11 Å². The van der Waals surface area contributed by atoms with Gasteiger partial charge in [0.05, 0.1) is 5.69 Å². The van der Waals surface area contributed by atoms with Crippen LogP contribution in [-0.2, 0) is 6.54 Å². The molecule has 0 amide bonds. The minimum atomic E-state index is -0.940. The molecule has 0 spiro atoms. The molecular weight excluding hydrogens is 212 g/mol. The molecule has 0 saturated heterocycles. The third-order valence-electron chi connectivity index (χ3n) is 2.11. The molecule has 84 valence electrons. The first-order chi connectivity index (χ1) is 7.17. The highest BCUT2D eigenvalue weighted by Gasteiger charge is 2.10. The number of aromatic carboxylic acids is 1. The maximum atomic E-state index is 10.6. The Morgan fingerprint density at radius 1 is 1.60 bits per heavy atom. The van der Waals surface area contributed by atoms with Crippen LogP contribution in [0.5, 0.6) is 0 Å². The summed E-state index contributed by atoms with van der Waals surface area (Å²) in [4.78, 5) is 16.9. The minimum absolute atomic E-state index is 0.178. The Morgan fingerprint density at radius 2 is 2.33 bits per heavy atom. The second-order valence-electron chi connectivity index (χ2n) is 3.32. The van der Waals surface area contributed by atoms with Gasteiger partial charge in [0.2, 0.25) is 5.01 Å². The van der Waals surface area contributed by atoms with Crippen LogP contribution in [0.25, 0.3) is 0 Å². The normalized spacial score (nSPS) is 10.9. The Kier molecular flexibility index (Phi) is 4.71. The van der Waals surface area contributed by atoms with Crippen molar-refractivity contribution in [3.05, 3.63) is 16.1 Å². The van der Waals surface area contributed by atoms with E-state index >= 15 is 0 Å². The first-order valence-electron chi connectivity index (χ1n) is 5.07. The average Bonchev–Trinajstić information content (AvgIpc) is 2.65. The van der Waals surface area contributed by atoms with Crippen molar-refractivity contribution in [3.8, 4) is 0 Å². The molecule has 1 aromatic rings. The van der Waals surface area contributed by atoms with Gasteiger partial charge < -0.3 is 5.11 Å². The first kappa shape index (κ1) is 12.1. The molecule has 1 aromatic heterocycles. The lowest BCUT2D eigenvalue weighted by Crippen LogP contribution is -2.23. The highest BCUT2D eigenvalue weighted by atomic mass is 32.1. The number of rotatable bonds is 6. The van der Waals surface area contributed by atoms with E-state index in [1.807, 2.05) is 5.38 Å². The van der Waals surface area contributed by atoms with Crippen LogP contribution >= 0.6 is 11.3 Å². The van der Waals surface area contributed by atoms with Crippen molar-refractivity contribution in [2.24, 2.45) is 0 Å². The Morgan fingerprint density at radius 3 is 2.80 bits per heavy atom. The molecule has 0 bridgehead atoms. The zero-order valence-electron chi connectivity index (χ0n) is 9.06. The molecule has 1 heterocycles. The van der Waals surface area contributed by atoms with Crippen LogP contribution in [-0.4, -0.2) is 34.0 Å². The van der Waals surface area contributed by atoms with Gasteiger partial charge >= 0.3 is 5.97 Å². The second-order valence-corrected chi connectivity index (χ2v) is 4.18. The van der Waals surface area contributed by atoms with Gasteiger partial charge in [0, 0.05) is 11.9 Å². The maximum absolute atomic E-state index is 10.6. The standard InChI is InChI=1S/C10H16N2O2S/c1-3-5-12(4-2)6-8-7-15-9(11-8)10(13)14/h7H,3-6H2,1-2H3,(H,13,14). The third-order valence-corrected chi connectivity index (χ3v) is 2.99. The summed E-state index contributed by atoms with van der Waals surface area (Å²) < 4.78 is 0. The number of nitrogens with zero attached hydrogens (tertiary/aromatic N) is 2. The molecule has 0 unspecified atom stereocenters. The summed E-state index contributed by atoms with van der Waals surface area (Å²) in [6.45, 7) is 6.96. The van der Waals surface area contributed by atoms with Gasteiger partial charge in [0.15, 0.2) is 0 Å². The number of carboxylic acid groups (broad SMARTS) is 1. The molecule has 15 heavy (non-hydrogen) atoms. The fourth-order valence-electron chi connectivity index (χ4n) is 1.37. The van der Waals surface area contributed by atoms with Crippen molar-refractivity contribution in [3.63, 3.8) is 0 Å². The van der Waals surface area contributed by atoms with Gasteiger partial charge in [-0.25, -0.2) is 9.78 Å². The summed E-state index contributed by atoms with van der Waals surface area (Å²) >= 11 is 1.19. The average molecular weight is 228 g/mol. The molecule has 0 aliphatic carbocycles. The zero-order chi connectivity index (χ0) is 11.3. The van der Waals surface area contributed by atoms with Crippen LogP contribution in [0.1, 0.15) is 35.8 Å². The smallest absolute Gasteiger partial charge is 0.365 e. The molecule has 0 aliphatic rings.